The first kappa shape index (κ1) is 13.7. The Balaban J connectivity index is 0.000000140. The molecular weight excluding hydrogens is 264 g/mol. The molecule has 1 aromatic carbocycles. The molecule has 3 nitrogen and oxygen atoms in total. The van der Waals surface area contributed by atoms with Crippen LogP contribution >= 0.6 is 0 Å². The van der Waals surface area contributed by atoms with Crippen LogP contribution in [0.5, 0.6) is 11.5 Å². The average Bonchev–Trinajstić information content (AvgIpc) is 2.50. The van der Waals surface area contributed by atoms with Crippen molar-refractivity contribution in [2.24, 2.45) is 0 Å². The summed E-state index contributed by atoms with van der Waals surface area (Å²) in [5.41, 5.74) is 2.02. The van der Waals surface area contributed by atoms with Crippen molar-refractivity contribution < 1.29 is 14.3 Å². The van der Waals surface area contributed by atoms with E-state index in [0.29, 0.717) is 6.42 Å². The molecule has 3 aliphatic carbocycles. The number of Topliss-reactive ketones (excluding diaryl/α,β-unsaturated/α-hetero) is 1. The van der Waals surface area contributed by atoms with Gasteiger partial charge in [-0.15, -0.1) is 0 Å². The topological polar surface area (TPSA) is 35.5 Å². The number of fused-ring (bicyclic) bond motifs is 1. The van der Waals surface area contributed by atoms with Gasteiger partial charge in [-0.25, -0.2) is 0 Å². The Morgan fingerprint density at radius 1 is 0.952 bits per heavy atom. The first-order valence-corrected chi connectivity index (χ1v) is 7.11. The zero-order valence-electron chi connectivity index (χ0n) is 12.3. The molecule has 0 amide bonds. The summed E-state index contributed by atoms with van der Waals surface area (Å²) in [6, 6.07) is 11.9. The van der Waals surface area contributed by atoms with Crippen LogP contribution in [0, 0.1) is 10.4 Å². The number of hydrogen-bond donors (Lipinski definition) is 0. The van der Waals surface area contributed by atoms with Gasteiger partial charge < -0.3 is 9.47 Å². The molecular formula is C18H18O3. The predicted octanol–water partition coefficient (Wildman–Crippen LogP) is 3.51. The van der Waals surface area contributed by atoms with Crippen LogP contribution in [0.4, 0.5) is 0 Å². The number of ether oxygens (including phenoxy) is 2. The Labute approximate surface area is 123 Å². The van der Waals surface area contributed by atoms with Crippen molar-refractivity contribution in [3.8, 4) is 11.5 Å². The first-order chi connectivity index (χ1) is 10.2. The van der Waals surface area contributed by atoms with Gasteiger partial charge in [0.25, 0.3) is 0 Å². The summed E-state index contributed by atoms with van der Waals surface area (Å²) >= 11 is 0. The molecule has 0 radical (unpaired) electrons. The second-order valence-electron chi connectivity index (χ2n) is 5.21. The van der Waals surface area contributed by atoms with Crippen molar-refractivity contribution in [2.75, 3.05) is 14.2 Å². The van der Waals surface area contributed by atoms with Crippen molar-refractivity contribution in [1.82, 2.24) is 0 Å². The minimum absolute atomic E-state index is 0.268. The predicted molar refractivity (Wildman–Crippen MR) is 80.9 cm³/mol. The molecule has 0 saturated heterocycles. The van der Waals surface area contributed by atoms with Crippen molar-refractivity contribution >= 4 is 5.78 Å². The number of hydrogen-bond acceptors (Lipinski definition) is 3. The fraction of sp³-hybridized carbons (Fsp3) is 0.278. The molecule has 0 heterocycles. The van der Waals surface area contributed by atoms with Crippen LogP contribution in [0.25, 0.3) is 0 Å². The molecule has 0 saturated carbocycles. The summed E-state index contributed by atoms with van der Waals surface area (Å²) in [5, 5.41) is 2.62. The average molecular weight is 282 g/mol. The van der Waals surface area contributed by atoms with Crippen LogP contribution in [0.15, 0.2) is 36.4 Å². The van der Waals surface area contributed by atoms with E-state index >= 15 is 0 Å². The highest BCUT2D eigenvalue weighted by atomic mass is 16.5. The molecule has 3 heteroatoms. The van der Waals surface area contributed by atoms with E-state index < -0.39 is 0 Å². The highest BCUT2D eigenvalue weighted by molar-refractivity contribution is 5.98. The molecule has 0 spiro atoms. The van der Waals surface area contributed by atoms with E-state index in [1.807, 2.05) is 24.3 Å². The molecule has 21 heavy (non-hydrogen) atoms. The zero-order chi connectivity index (χ0) is 14.8. The van der Waals surface area contributed by atoms with Crippen LogP contribution < -0.4 is 9.47 Å². The fourth-order valence-electron chi connectivity index (χ4n) is 2.67. The minimum atomic E-state index is 0.268. The van der Waals surface area contributed by atoms with Gasteiger partial charge in [0.05, 0.1) is 14.2 Å². The molecule has 0 bridgehead atoms. The van der Waals surface area contributed by atoms with E-state index in [9.17, 15) is 4.79 Å². The third-order valence-corrected chi connectivity index (χ3v) is 3.98. The second-order valence-corrected chi connectivity index (χ2v) is 5.21. The Morgan fingerprint density at radius 2 is 1.81 bits per heavy atom. The maximum Gasteiger partial charge on any atom is 0.163 e. The standard InChI is InChI=1S/C11H12O2.C7H6O/c1-13-9-5-6-10-8(7-9)3-2-4-11(10)12;1-8-7-4-5-2-3-6(5)7/h5-7H,2-4H2,1H3;2-4H,1H3. The van der Waals surface area contributed by atoms with Crippen LogP contribution in [-0.2, 0) is 6.42 Å². The quantitative estimate of drug-likeness (QED) is 0.721. The third-order valence-electron chi connectivity index (χ3n) is 3.98. The van der Waals surface area contributed by atoms with Gasteiger partial charge in [0, 0.05) is 17.2 Å². The molecule has 0 atom stereocenters. The minimum Gasteiger partial charge on any atom is -0.497 e. The second kappa shape index (κ2) is 5.60. The molecule has 0 N–H and O–H groups in total. The SMILES string of the molecule is COc1cc2ccc1=2.COc1ccc2c(c1)CCCC2=O. The Kier molecular flexibility index (Phi) is 3.65. The van der Waals surface area contributed by atoms with Gasteiger partial charge in [0.2, 0.25) is 0 Å². The number of carbonyl (C=O) groups is 1. The van der Waals surface area contributed by atoms with Gasteiger partial charge >= 0.3 is 0 Å². The summed E-state index contributed by atoms with van der Waals surface area (Å²) in [7, 11) is 3.34. The van der Waals surface area contributed by atoms with Crippen molar-refractivity contribution in [3.63, 3.8) is 0 Å². The van der Waals surface area contributed by atoms with E-state index in [1.165, 1.54) is 10.4 Å². The summed E-state index contributed by atoms with van der Waals surface area (Å²) in [5.74, 6) is 2.14. The van der Waals surface area contributed by atoms with E-state index in [0.717, 1.165) is 35.5 Å². The largest absolute Gasteiger partial charge is 0.497 e. The third kappa shape index (κ3) is 2.51. The van der Waals surface area contributed by atoms with E-state index in [-0.39, 0.29) is 5.78 Å². The van der Waals surface area contributed by atoms with Crippen LogP contribution in [0.3, 0.4) is 0 Å². The summed E-state index contributed by atoms with van der Waals surface area (Å²) in [6.45, 7) is 0. The number of rotatable bonds is 2. The number of benzene rings is 2. The molecule has 4 rings (SSSR count). The van der Waals surface area contributed by atoms with Crippen molar-refractivity contribution in [1.29, 1.82) is 0 Å². The van der Waals surface area contributed by atoms with Gasteiger partial charge in [-0.2, -0.15) is 0 Å². The molecule has 0 unspecified atom stereocenters. The number of ketones is 1. The molecule has 0 aliphatic heterocycles. The smallest absolute Gasteiger partial charge is 0.163 e. The lowest BCUT2D eigenvalue weighted by molar-refractivity contribution is 0.0972. The number of aryl methyl sites for hydroxylation is 1. The Hall–Kier alpha value is -2.29. The monoisotopic (exact) mass is 282 g/mol. The van der Waals surface area contributed by atoms with Crippen molar-refractivity contribution in [3.05, 3.63) is 58.0 Å². The van der Waals surface area contributed by atoms with E-state index in [2.05, 4.69) is 12.1 Å². The van der Waals surface area contributed by atoms with Gasteiger partial charge in [0.15, 0.2) is 5.78 Å². The molecule has 108 valence electrons. The summed E-state index contributed by atoms with van der Waals surface area (Å²) < 4.78 is 10.1. The molecule has 1 aromatic rings. The van der Waals surface area contributed by atoms with Gasteiger partial charge in [-0.3, -0.25) is 4.79 Å². The van der Waals surface area contributed by atoms with Crippen molar-refractivity contribution in [2.45, 2.75) is 19.3 Å². The molecule has 3 aliphatic rings. The van der Waals surface area contributed by atoms with Gasteiger partial charge in [0.1, 0.15) is 11.5 Å². The number of carbonyl (C=O) groups excluding carboxylic acids is 1. The Morgan fingerprint density at radius 3 is 2.33 bits per heavy atom. The summed E-state index contributed by atoms with van der Waals surface area (Å²) in [4.78, 5) is 11.4. The summed E-state index contributed by atoms with van der Waals surface area (Å²) in [6.07, 6.45) is 2.66. The Bertz CT molecular complexity index is 778. The molecule has 0 aromatic heterocycles. The van der Waals surface area contributed by atoms with E-state index in [1.54, 1.807) is 14.2 Å². The maximum absolute atomic E-state index is 11.4. The normalized spacial score (nSPS) is 13.7. The maximum atomic E-state index is 11.4. The number of methoxy groups -OCH3 is 2. The van der Waals surface area contributed by atoms with E-state index in [4.69, 9.17) is 9.47 Å². The lowest BCUT2D eigenvalue weighted by Gasteiger charge is -2.14. The fourth-order valence-corrected chi connectivity index (χ4v) is 2.67. The first-order valence-electron chi connectivity index (χ1n) is 7.11. The van der Waals surface area contributed by atoms with Crippen LogP contribution in [-0.4, -0.2) is 20.0 Å². The van der Waals surface area contributed by atoms with Crippen LogP contribution in [0.2, 0.25) is 0 Å². The van der Waals surface area contributed by atoms with Gasteiger partial charge in [-0.05, 0) is 47.9 Å². The highest BCUT2D eigenvalue weighted by Gasteiger charge is 2.16. The highest BCUT2D eigenvalue weighted by Crippen LogP contribution is 2.25. The zero-order valence-corrected chi connectivity index (χ0v) is 12.3. The van der Waals surface area contributed by atoms with Crippen LogP contribution in [0.1, 0.15) is 28.8 Å². The van der Waals surface area contributed by atoms with Gasteiger partial charge in [-0.1, -0.05) is 12.1 Å². The molecule has 0 fully saturated rings. The lowest BCUT2D eigenvalue weighted by Crippen LogP contribution is -2.10. The lowest BCUT2D eigenvalue weighted by atomic mass is 9.91.